The van der Waals surface area contributed by atoms with Gasteiger partial charge in [-0.05, 0) is 6.42 Å². The van der Waals surface area contributed by atoms with Gasteiger partial charge in [-0.3, -0.25) is 9.20 Å². The zero-order valence-electron chi connectivity index (χ0n) is 10.4. The lowest BCUT2D eigenvalue weighted by Gasteiger charge is -2.05. The van der Waals surface area contributed by atoms with Crippen LogP contribution in [0.4, 0.5) is 4.39 Å². The van der Waals surface area contributed by atoms with Crippen molar-refractivity contribution in [1.82, 2.24) is 24.3 Å². The summed E-state index contributed by atoms with van der Waals surface area (Å²) in [6.07, 6.45) is 4.61. The highest BCUT2D eigenvalue weighted by molar-refractivity contribution is 6.29. The van der Waals surface area contributed by atoms with E-state index in [1.54, 1.807) is 10.6 Å². The summed E-state index contributed by atoms with van der Waals surface area (Å²) in [6.45, 7) is 1.93. The number of H-pyrrole nitrogens is 1. The number of aromatic amines is 1. The van der Waals surface area contributed by atoms with Crippen molar-refractivity contribution >= 4 is 17.2 Å². The molecule has 3 rings (SSSR count). The molecule has 0 amide bonds. The Morgan fingerprint density at radius 1 is 1.40 bits per heavy atom. The largest absolute Gasteiger partial charge is 0.303 e. The lowest BCUT2D eigenvalue weighted by Crippen LogP contribution is -2.13. The van der Waals surface area contributed by atoms with E-state index in [1.165, 1.54) is 6.20 Å². The third-order valence-corrected chi connectivity index (χ3v) is 3.13. The number of rotatable bonds is 2. The van der Waals surface area contributed by atoms with E-state index in [4.69, 9.17) is 11.6 Å². The van der Waals surface area contributed by atoms with Crippen molar-refractivity contribution in [2.24, 2.45) is 0 Å². The van der Waals surface area contributed by atoms with Crippen LogP contribution < -0.4 is 5.56 Å². The molecule has 0 fully saturated rings. The topological polar surface area (TPSA) is 75.9 Å². The molecule has 0 aromatic carbocycles. The van der Waals surface area contributed by atoms with E-state index < -0.39 is 11.4 Å². The molecule has 0 atom stereocenters. The predicted octanol–water partition coefficient (Wildman–Crippen LogP) is 1.83. The van der Waals surface area contributed by atoms with Crippen molar-refractivity contribution in [2.75, 3.05) is 0 Å². The van der Waals surface area contributed by atoms with Crippen LogP contribution in [0, 0.1) is 5.82 Å². The first kappa shape index (κ1) is 12.7. The molecule has 1 N–H and O–H groups in total. The van der Waals surface area contributed by atoms with Crippen LogP contribution in [0.1, 0.15) is 12.6 Å². The third kappa shape index (κ3) is 1.96. The number of aryl methyl sites for hydroxylation is 1. The number of fused-ring (bicyclic) bond motifs is 1. The van der Waals surface area contributed by atoms with Crippen LogP contribution in [0.25, 0.3) is 17.2 Å². The highest BCUT2D eigenvalue weighted by Gasteiger charge is 2.12. The van der Waals surface area contributed by atoms with E-state index in [9.17, 15) is 9.18 Å². The monoisotopic (exact) mass is 293 g/mol. The fraction of sp³-hybridized carbons (Fsp3) is 0.167. The van der Waals surface area contributed by atoms with Gasteiger partial charge in [-0.1, -0.05) is 18.5 Å². The van der Waals surface area contributed by atoms with Crippen LogP contribution in [-0.2, 0) is 6.42 Å². The minimum absolute atomic E-state index is 0.178. The number of imidazole rings is 1. The molecule has 102 valence electrons. The summed E-state index contributed by atoms with van der Waals surface area (Å²) in [7, 11) is 0. The standard InChI is InChI=1S/C12H9ClFN5O/c1-2-7-11-16-4-9(13)19(11)5-8(17-7)10-15-3-6(14)12(20)18-10/h3-5H,2H2,1H3,(H,15,18,20). The lowest BCUT2D eigenvalue weighted by atomic mass is 10.3. The summed E-state index contributed by atoms with van der Waals surface area (Å²) in [4.78, 5) is 26.0. The first-order chi connectivity index (χ1) is 9.60. The second kappa shape index (κ2) is 4.68. The van der Waals surface area contributed by atoms with E-state index in [-0.39, 0.29) is 5.82 Å². The van der Waals surface area contributed by atoms with Gasteiger partial charge < -0.3 is 4.98 Å². The zero-order valence-corrected chi connectivity index (χ0v) is 11.1. The molecule has 0 aliphatic heterocycles. The van der Waals surface area contributed by atoms with Crippen molar-refractivity contribution in [3.63, 3.8) is 0 Å². The fourth-order valence-electron chi connectivity index (χ4n) is 1.88. The van der Waals surface area contributed by atoms with Gasteiger partial charge in [0.1, 0.15) is 10.8 Å². The van der Waals surface area contributed by atoms with E-state index >= 15 is 0 Å². The van der Waals surface area contributed by atoms with Crippen molar-refractivity contribution in [2.45, 2.75) is 13.3 Å². The number of hydrogen-bond donors (Lipinski definition) is 1. The quantitative estimate of drug-likeness (QED) is 0.782. The van der Waals surface area contributed by atoms with Gasteiger partial charge in [0.15, 0.2) is 11.5 Å². The number of aromatic nitrogens is 5. The second-order valence-corrected chi connectivity index (χ2v) is 4.50. The van der Waals surface area contributed by atoms with E-state index in [0.29, 0.717) is 28.6 Å². The van der Waals surface area contributed by atoms with Gasteiger partial charge in [-0.15, -0.1) is 0 Å². The molecule has 3 heterocycles. The average molecular weight is 294 g/mol. The van der Waals surface area contributed by atoms with E-state index in [1.807, 2.05) is 6.92 Å². The van der Waals surface area contributed by atoms with Gasteiger partial charge >= 0.3 is 0 Å². The Morgan fingerprint density at radius 3 is 2.90 bits per heavy atom. The van der Waals surface area contributed by atoms with E-state index in [0.717, 1.165) is 6.20 Å². The van der Waals surface area contributed by atoms with Gasteiger partial charge in [-0.25, -0.2) is 15.0 Å². The van der Waals surface area contributed by atoms with Crippen LogP contribution in [0.3, 0.4) is 0 Å². The third-order valence-electron chi connectivity index (χ3n) is 2.85. The van der Waals surface area contributed by atoms with Crippen molar-refractivity contribution in [1.29, 1.82) is 0 Å². The molecule has 0 aliphatic carbocycles. The van der Waals surface area contributed by atoms with E-state index in [2.05, 4.69) is 19.9 Å². The minimum Gasteiger partial charge on any atom is -0.303 e. The van der Waals surface area contributed by atoms with Gasteiger partial charge in [0, 0.05) is 6.20 Å². The fourth-order valence-corrected chi connectivity index (χ4v) is 2.06. The molecule has 0 spiro atoms. The molecular formula is C12H9ClFN5O. The van der Waals surface area contributed by atoms with Crippen LogP contribution in [0.2, 0.25) is 5.15 Å². The Morgan fingerprint density at radius 2 is 2.20 bits per heavy atom. The number of nitrogens with one attached hydrogen (secondary N) is 1. The average Bonchev–Trinajstić information content (AvgIpc) is 2.83. The summed E-state index contributed by atoms with van der Waals surface area (Å²) in [6, 6.07) is 0. The van der Waals surface area contributed by atoms with Crippen LogP contribution >= 0.6 is 11.6 Å². The first-order valence-corrected chi connectivity index (χ1v) is 6.25. The Balaban J connectivity index is 2.27. The highest BCUT2D eigenvalue weighted by Crippen LogP contribution is 2.19. The van der Waals surface area contributed by atoms with Crippen molar-refractivity contribution < 1.29 is 4.39 Å². The molecule has 6 nitrogen and oxygen atoms in total. The van der Waals surface area contributed by atoms with Crippen molar-refractivity contribution in [3.8, 4) is 11.5 Å². The summed E-state index contributed by atoms with van der Waals surface area (Å²) < 4.78 is 14.6. The van der Waals surface area contributed by atoms with Gasteiger partial charge in [-0.2, -0.15) is 4.39 Å². The zero-order chi connectivity index (χ0) is 14.3. The minimum atomic E-state index is -0.939. The number of hydrogen-bond acceptors (Lipinski definition) is 4. The second-order valence-electron chi connectivity index (χ2n) is 4.11. The van der Waals surface area contributed by atoms with Gasteiger partial charge in [0.05, 0.1) is 18.1 Å². The van der Waals surface area contributed by atoms with Crippen LogP contribution in [-0.4, -0.2) is 24.3 Å². The maximum atomic E-state index is 13.0. The van der Waals surface area contributed by atoms with Crippen LogP contribution in [0.15, 0.2) is 23.4 Å². The molecule has 0 radical (unpaired) electrons. The molecule has 0 aliphatic rings. The SMILES string of the molecule is CCc1nc(-c2ncc(F)c(=O)[nH]2)cn2c(Cl)cnc12. The molecule has 0 bridgehead atoms. The molecular weight excluding hydrogens is 285 g/mol. The molecule has 0 saturated heterocycles. The summed E-state index contributed by atoms with van der Waals surface area (Å²) >= 11 is 6.04. The van der Waals surface area contributed by atoms with Gasteiger partial charge in [0.25, 0.3) is 5.56 Å². The maximum absolute atomic E-state index is 13.0. The number of nitrogens with zero attached hydrogens (tertiary/aromatic N) is 4. The molecule has 3 aromatic heterocycles. The van der Waals surface area contributed by atoms with Crippen LogP contribution in [0.5, 0.6) is 0 Å². The number of halogens is 2. The summed E-state index contributed by atoms with van der Waals surface area (Å²) in [5, 5.41) is 0.419. The molecule has 0 unspecified atom stereocenters. The normalized spacial score (nSPS) is 11.2. The van der Waals surface area contributed by atoms with Gasteiger partial charge in [0.2, 0.25) is 5.82 Å². The Labute approximate surface area is 117 Å². The first-order valence-electron chi connectivity index (χ1n) is 5.88. The summed E-state index contributed by atoms with van der Waals surface area (Å²) in [5.74, 6) is -0.760. The maximum Gasteiger partial charge on any atom is 0.287 e. The molecule has 0 saturated carbocycles. The molecule has 8 heteroatoms. The Hall–Kier alpha value is -2.28. The Bertz CT molecular complexity index is 857. The Kier molecular flexibility index (Phi) is 2.98. The predicted molar refractivity (Wildman–Crippen MR) is 71.2 cm³/mol. The highest BCUT2D eigenvalue weighted by atomic mass is 35.5. The smallest absolute Gasteiger partial charge is 0.287 e. The lowest BCUT2D eigenvalue weighted by molar-refractivity contribution is 0.601. The molecule has 20 heavy (non-hydrogen) atoms. The molecule has 3 aromatic rings. The van der Waals surface area contributed by atoms with Crippen molar-refractivity contribution in [3.05, 3.63) is 45.6 Å². The summed E-state index contributed by atoms with van der Waals surface area (Å²) in [5.41, 5.74) is 0.908.